The molecule has 0 spiro atoms. The lowest BCUT2D eigenvalue weighted by molar-refractivity contribution is -0.146. The molecular formula is C17H21NO4. The second-order valence-corrected chi connectivity index (χ2v) is 5.52. The number of carbonyl (C=O) groups excluding carboxylic acids is 1. The Balaban J connectivity index is 2.03. The number of hydrogen-bond donors (Lipinski definition) is 2. The molecule has 3 rings (SSSR count). The van der Waals surface area contributed by atoms with Crippen molar-refractivity contribution >= 4 is 16.9 Å². The largest absolute Gasteiger partial charge is 0.508 e. The van der Waals surface area contributed by atoms with E-state index in [9.17, 15) is 9.90 Å². The van der Waals surface area contributed by atoms with E-state index in [2.05, 4.69) is 11.9 Å². The summed E-state index contributed by atoms with van der Waals surface area (Å²) in [5.41, 5.74) is 4.18. The Morgan fingerprint density at radius 3 is 3.00 bits per heavy atom. The van der Waals surface area contributed by atoms with E-state index in [1.54, 1.807) is 19.1 Å². The van der Waals surface area contributed by atoms with Crippen molar-refractivity contribution in [1.82, 2.24) is 4.98 Å². The lowest BCUT2D eigenvalue weighted by Crippen LogP contribution is -2.19. The molecule has 0 saturated carbocycles. The maximum Gasteiger partial charge on any atom is 0.308 e. The van der Waals surface area contributed by atoms with Gasteiger partial charge in [-0.1, -0.05) is 6.92 Å². The molecule has 5 heteroatoms. The molecule has 1 aromatic heterocycles. The van der Waals surface area contributed by atoms with Crippen molar-refractivity contribution < 1.29 is 19.4 Å². The minimum Gasteiger partial charge on any atom is -0.508 e. The third-order valence-electron chi connectivity index (χ3n) is 4.15. The highest BCUT2D eigenvalue weighted by molar-refractivity contribution is 5.89. The van der Waals surface area contributed by atoms with Crippen molar-refractivity contribution in [2.24, 2.45) is 0 Å². The molecule has 1 aromatic carbocycles. The number of rotatable bonds is 4. The molecule has 1 atom stereocenters. The smallest absolute Gasteiger partial charge is 0.308 e. The quantitative estimate of drug-likeness (QED) is 0.852. The summed E-state index contributed by atoms with van der Waals surface area (Å²) in [7, 11) is 0. The molecule has 0 aliphatic carbocycles. The fourth-order valence-electron chi connectivity index (χ4n) is 3.17. The van der Waals surface area contributed by atoms with Gasteiger partial charge in [-0.3, -0.25) is 4.79 Å². The summed E-state index contributed by atoms with van der Waals surface area (Å²) < 4.78 is 10.8. The van der Waals surface area contributed by atoms with E-state index in [-0.39, 0.29) is 24.2 Å². The normalized spacial score (nSPS) is 17.5. The number of carbonyl (C=O) groups is 1. The van der Waals surface area contributed by atoms with Crippen molar-refractivity contribution in [2.45, 2.75) is 39.2 Å². The Kier molecular flexibility index (Phi) is 4.07. The zero-order valence-electron chi connectivity index (χ0n) is 12.9. The predicted molar refractivity (Wildman–Crippen MR) is 83.0 cm³/mol. The fraction of sp³-hybridized carbons (Fsp3) is 0.471. The van der Waals surface area contributed by atoms with E-state index < -0.39 is 0 Å². The molecule has 0 bridgehead atoms. The average molecular weight is 303 g/mol. The minimum absolute atomic E-state index is 0.209. The second-order valence-electron chi connectivity index (χ2n) is 5.52. The van der Waals surface area contributed by atoms with Crippen LogP contribution in [0.5, 0.6) is 5.75 Å². The number of aryl methyl sites for hydroxylation is 1. The van der Waals surface area contributed by atoms with Crippen molar-refractivity contribution in [2.75, 3.05) is 13.2 Å². The first-order valence-electron chi connectivity index (χ1n) is 7.77. The highest BCUT2D eigenvalue weighted by Gasteiger charge is 2.28. The van der Waals surface area contributed by atoms with Crippen LogP contribution in [0.1, 0.15) is 43.2 Å². The summed E-state index contributed by atoms with van der Waals surface area (Å²) in [4.78, 5) is 15.2. The summed E-state index contributed by atoms with van der Waals surface area (Å²) in [6.45, 7) is 4.80. The number of aromatic nitrogens is 1. The first-order chi connectivity index (χ1) is 10.6. The van der Waals surface area contributed by atoms with E-state index in [0.717, 1.165) is 40.6 Å². The van der Waals surface area contributed by atoms with Crippen LogP contribution in [0, 0.1) is 0 Å². The van der Waals surface area contributed by atoms with E-state index in [1.165, 1.54) is 0 Å². The van der Waals surface area contributed by atoms with Gasteiger partial charge >= 0.3 is 5.97 Å². The van der Waals surface area contributed by atoms with Crippen LogP contribution in [0.15, 0.2) is 12.1 Å². The van der Waals surface area contributed by atoms with Gasteiger partial charge in [0.25, 0.3) is 0 Å². The number of benzene rings is 1. The first kappa shape index (κ1) is 14.9. The lowest BCUT2D eigenvalue weighted by Gasteiger charge is -2.22. The average Bonchev–Trinajstić information content (AvgIpc) is 2.86. The standard InChI is InChI=1S/C17H21NO4/c1-3-10-7-11(19)8-13-12-5-6-22-14(9-15(20)21-4-2)17(12)18-16(10)13/h7-8,14,18-19H,3-6,9H2,1-2H3. The van der Waals surface area contributed by atoms with E-state index in [0.29, 0.717) is 13.2 Å². The van der Waals surface area contributed by atoms with E-state index in [1.807, 2.05) is 0 Å². The van der Waals surface area contributed by atoms with E-state index >= 15 is 0 Å². The van der Waals surface area contributed by atoms with Crippen LogP contribution in [0.4, 0.5) is 0 Å². The van der Waals surface area contributed by atoms with Crippen molar-refractivity contribution in [3.8, 4) is 5.75 Å². The van der Waals surface area contributed by atoms with Crippen LogP contribution in [0.2, 0.25) is 0 Å². The first-order valence-corrected chi connectivity index (χ1v) is 7.77. The maximum atomic E-state index is 11.8. The number of hydrogen-bond acceptors (Lipinski definition) is 4. The number of ether oxygens (including phenoxy) is 2. The molecule has 2 N–H and O–H groups in total. The molecule has 0 saturated heterocycles. The van der Waals surface area contributed by atoms with Gasteiger partial charge in [0.1, 0.15) is 11.9 Å². The number of fused-ring (bicyclic) bond motifs is 3. The molecule has 22 heavy (non-hydrogen) atoms. The van der Waals surface area contributed by atoms with Gasteiger partial charge in [-0.2, -0.15) is 0 Å². The van der Waals surface area contributed by atoms with Crippen LogP contribution in [-0.2, 0) is 27.1 Å². The zero-order valence-corrected chi connectivity index (χ0v) is 12.9. The Labute approximate surface area is 129 Å². The number of aromatic hydroxyl groups is 1. The van der Waals surface area contributed by atoms with Gasteiger partial charge in [-0.25, -0.2) is 0 Å². The lowest BCUT2D eigenvalue weighted by atomic mass is 9.99. The number of phenolic OH excluding ortho intramolecular Hbond substituents is 1. The van der Waals surface area contributed by atoms with Crippen LogP contribution < -0.4 is 0 Å². The summed E-state index contributed by atoms with van der Waals surface area (Å²) in [5.74, 6) is 0.0251. The number of H-pyrrole nitrogens is 1. The Hall–Kier alpha value is -2.01. The maximum absolute atomic E-state index is 11.8. The predicted octanol–water partition coefficient (Wildman–Crippen LogP) is 3.00. The van der Waals surface area contributed by atoms with Crippen molar-refractivity contribution in [3.63, 3.8) is 0 Å². The molecule has 1 aliphatic rings. The number of esters is 1. The molecule has 2 aromatic rings. The molecule has 0 radical (unpaired) electrons. The summed E-state index contributed by atoms with van der Waals surface area (Å²) in [5, 5.41) is 11.0. The topological polar surface area (TPSA) is 71.5 Å². The zero-order chi connectivity index (χ0) is 15.7. The summed E-state index contributed by atoms with van der Waals surface area (Å²) in [6, 6.07) is 3.57. The van der Waals surface area contributed by atoms with Crippen molar-refractivity contribution in [3.05, 3.63) is 29.0 Å². The molecule has 0 fully saturated rings. The number of aromatic amines is 1. The summed E-state index contributed by atoms with van der Waals surface area (Å²) in [6.07, 6.45) is 1.51. The second kappa shape index (κ2) is 6.01. The SMILES string of the molecule is CCOC(=O)CC1OCCc2c1[nH]c1c(CC)cc(O)cc21. The third kappa shape index (κ3) is 2.57. The van der Waals surface area contributed by atoms with Gasteiger partial charge in [0.2, 0.25) is 0 Å². The van der Waals surface area contributed by atoms with Crippen molar-refractivity contribution in [1.29, 1.82) is 0 Å². The van der Waals surface area contributed by atoms with Gasteiger partial charge in [-0.15, -0.1) is 0 Å². The highest BCUT2D eigenvalue weighted by atomic mass is 16.5. The monoisotopic (exact) mass is 303 g/mol. The Morgan fingerprint density at radius 2 is 2.27 bits per heavy atom. The Bertz CT molecular complexity index is 704. The van der Waals surface area contributed by atoms with E-state index in [4.69, 9.17) is 9.47 Å². The Morgan fingerprint density at radius 1 is 1.45 bits per heavy atom. The molecule has 1 aliphatic heterocycles. The molecule has 118 valence electrons. The third-order valence-corrected chi connectivity index (χ3v) is 4.15. The van der Waals surface area contributed by atoms with Gasteiger partial charge in [0.15, 0.2) is 0 Å². The van der Waals surface area contributed by atoms with Gasteiger partial charge < -0.3 is 19.6 Å². The van der Waals surface area contributed by atoms with Crippen LogP contribution in [0.3, 0.4) is 0 Å². The van der Waals surface area contributed by atoms with Gasteiger partial charge in [-0.05, 0) is 43.0 Å². The number of nitrogens with one attached hydrogen (secondary N) is 1. The molecule has 0 amide bonds. The molecule has 1 unspecified atom stereocenters. The van der Waals surface area contributed by atoms with Gasteiger partial charge in [0.05, 0.1) is 19.6 Å². The summed E-state index contributed by atoms with van der Waals surface area (Å²) >= 11 is 0. The molecule has 2 heterocycles. The molecule has 5 nitrogen and oxygen atoms in total. The minimum atomic E-state index is -0.304. The fourth-order valence-corrected chi connectivity index (χ4v) is 3.17. The number of phenols is 1. The van der Waals surface area contributed by atoms with Crippen LogP contribution >= 0.6 is 0 Å². The van der Waals surface area contributed by atoms with Crippen LogP contribution in [0.25, 0.3) is 10.9 Å². The molecular weight excluding hydrogens is 282 g/mol. The van der Waals surface area contributed by atoms with Gasteiger partial charge in [0, 0.05) is 16.6 Å². The van der Waals surface area contributed by atoms with Crippen LogP contribution in [-0.4, -0.2) is 29.3 Å². The highest BCUT2D eigenvalue weighted by Crippen LogP contribution is 2.37.